The van der Waals surface area contributed by atoms with Gasteiger partial charge in [0.25, 0.3) is 0 Å². The molecule has 0 aliphatic carbocycles. The van der Waals surface area contributed by atoms with E-state index in [4.69, 9.17) is 4.74 Å². The maximum Gasteiger partial charge on any atom is 0.316 e. The van der Waals surface area contributed by atoms with Gasteiger partial charge in [-0.2, -0.15) is 0 Å². The molecular weight excluding hydrogens is 304 g/mol. The Morgan fingerprint density at radius 1 is 1.17 bits per heavy atom. The Bertz CT molecular complexity index is 524. The molecule has 2 N–H and O–H groups in total. The van der Waals surface area contributed by atoms with Gasteiger partial charge in [0, 0.05) is 6.61 Å². The van der Waals surface area contributed by atoms with Crippen LogP contribution in [0.1, 0.15) is 65.4 Å². The van der Waals surface area contributed by atoms with Gasteiger partial charge in [-0.3, -0.25) is 4.79 Å². The van der Waals surface area contributed by atoms with Crippen molar-refractivity contribution in [2.75, 3.05) is 13.2 Å². The second-order valence-electron chi connectivity index (χ2n) is 7.55. The average molecular weight is 336 g/mol. The molecule has 0 heterocycles. The summed E-state index contributed by atoms with van der Waals surface area (Å²) in [7, 11) is 0. The van der Waals surface area contributed by atoms with E-state index in [1.54, 1.807) is 18.2 Å². The van der Waals surface area contributed by atoms with Crippen molar-refractivity contribution in [1.29, 1.82) is 0 Å². The Morgan fingerprint density at radius 3 is 2.46 bits per heavy atom. The van der Waals surface area contributed by atoms with E-state index in [-0.39, 0.29) is 23.7 Å². The van der Waals surface area contributed by atoms with E-state index < -0.39 is 5.41 Å². The Kier molecular flexibility index (Phi) is 7.74. The first kappa shape index (κ1) is 20.5. The van der Waals surface area contributed by atoms with E-state index in [1.807, 2.05) is 26.8 Å². The molecule has 1 unspecified atom stereocenters. The predicted molar refractivity (Wildman–Crippen MR) is 96.0 cm³/mol. The number of aliphatic hydroxyl groups excluding tert-OH is 1. The lowest BCUT2D eigenvalue weighted by Crippen LogP contribution is -2.35. The van der Waals surface area contributed by atoms with E-state index in [9.17, 15) is 15.0 Å². The van der Waals surface area contributed by atoms with Gasteiger partial charge in [0.2, 0.25) is 0 Å². The molecule has 1 atom stereocenters. The van der Waals surface area contributed by atoms with Crippen molar-refractivity contribution in [2.45, 2.75) is 65.2 Å². The standard InChI is InChI=1S/C20H32O4/c1-5-6-13-24-18(23)20(4,12-8-11-19(2,3)15-21)16-9-7-10-17(22)14-16/h7,9-10,14,21-22H,5-6,8,11-13,15H2,1-4H3. The van der Waals surface area contributed by atoms with Crippen molar-refractivity contribution in [1.82, 2.24) is 0 Å². The van der Waals surface area contributed by atoms with Crippen LogP contribution in [-0.4, -0.2) is 29.4 Å². The number of esters is 1. The lowest BCUT2D eigenvalue weighted by Gasteiger charge is -2.30. The van der Waals surface area contributed by atoms with Crippen LogP contribution in [0.15, 0.2) is 24.3 Å². The lowest BCUT2D eigenvalue weighted by molar-refractivity contribution is -0.150. The first-order chi connectivity index (χ1) is 11.2. The van der Waals surface area contributed by atoms with E-state index in [0.29, 0.717) is 13.0 Å². The minimum atomic E-state index is -0.794. The zero-order valence-corrected chi connectivity index (χ0v) is 15.5. The van der Waals surface area contributed by atoms with Crippen molar-refractivity contribution >= 4 is 5.97 Å². The monoisotopic (exact) mass is 336 g/mol. The Labute approximate surface area is 145 Å². The highest BCUT2D eigenvalue weighted by molar-refractivity contribution is 5.82. The molecule has 0 bridgehead atoms. The van der Waals surface area contributed by atoms with Gasteiger partial charge >= 0.3 is 5.97 Å². The quantitative estimate of drug-likeness (QED) is 0.497. The number of benzene rings is 1. The largest absolute Gasteiger partial charge is 0.508 e. The second-order valence-corrected chi connectivity index (χ2v) is 7.55. The first-order valence-electron chi connectivity index (χ1n) is 8.83. The molecule has 4 nitrogen and oxygen atoms in total. The summed E-state index contributed by atoms with van der Waals surface area (Å²) >= 11 is 0. The molecule has 0 spiro atoms. The maximum absolute atomic E-state index is 12.7. The predicted octanol–water partition coefficient (Wildman–Crippen LogP) is 4.18. The molecule has 136 valence electrons. The van der Waals surface area contributed by atoms with Crippen LogP contribution in [0, 0.1) is 5.41 Å². The summed E-state index contributed by atoms with van der Waals surface area (Å²) in [6.07, 6.45) is 4.05. The minimum Gasteiger partial charge on any atom is -0.508 e. The molecule has 0 aliphatic heterocycles. The van der Waals surface area contributed by atoms with Crippen LogP contribution < -0.4 is 0 Å². The van der Waals surface area contributed by atoms with Crippen LogP contribution in [-0.2, 0) is 14.9 Å². The molecule has 0 aromatic heterocycles. The van der Waals surface area contributed by atoms with Gasteiger partial charge in [-0.05, 0) is 49.3 Å². The van der Waals surface area contributed by atoms with Gasteiger partial charge in [0.05, 0.1) is 12.0 Å². The van der Waals surface area contributed by atoms with Gasteiger partial charge in [-0.1, -0.05) is 45.7 Å². The average Bonchev–Trinajstić information content (AvgIpc) is 2.54. The SMILES string of the molecule is CCCCOC(=O)C(C)(CCCC(C)(C)CO)c1cccc(O)c1. The number of aliphatic hydroxyl groups is 1. The highest BCUT2D eigenvalue weighted by Gasteiger charge is 2.37. The fraction of sp³-hybridized carbons (Fsp3) is 0.650. The first-order valence-corrected chi connectivity index (χ1v) is 8.83. The molecule has 4 heteroatoms. The number of aromatic hydroxyl groups is 1. The number of unbranched alkanes of at least 4 members (excludes halogenated alkanes) is 1. The number of rotatable bonds is 10. The normalized spacial score (nSPS) is 14.2. The van der Waals surface area contributed by atoms with Crippen molar-refractivity contribution in [3.8, 4) is 5.75 Å². The lowest BCUT2D eigenvalue weighted by atomic mass is 9.76. The van der Waals surface area contributed by atoms with Gasteiger partial charge in [0.15, 0.2) is 0 Å². The van der Waals surface area contributed by atoms with Crippen LogP contribution in [0.4, 0.5) is 0 Å². The van der Waals surface area contributed by atoms with Gasteiger partial charge in [-0.25, -0.2) is 0 Å². The third-order valence-corrected chi connectivity index (χ3v) is 4.62. The topological polar surface area (TPSA) is 66.8 Å². The number of ether oxygens (including phenoxy) is 1. The molecule has 0 saturated carbocycles. The van der Waals surface area contributed by atoms with Crippen molar-refractivity contribution in [3.05, 3.63) is 29.8 Å². The van der Waals surface area contributed by atoms with Crippen LogP contribution >= 0.6 is 0 Å². The summed E-state index contributed by atoms with van der Waals surface area (Å²) in [6, 6.07) is 6.84. The van der Waals surface area contributed by atoms with Crippen LogP contribution in [0.2, 0.25) is 0 Å². The molecule has 0 aliphatic rings. The summed E-state index contributed by atoms with van der Waals surface area (Å²) < 4.78 is 5.48. The molecule has 1 rings (SSSR count). The number of carbonyl (C=O) groups is 1. The Hall–Kier alpha value is -1.55. The molecule has 1 aromatic carbocycles. The van der Waals surface area contributed by atoms with Crippen LogP contribution in [0.5, 0.6) is 5.75 Å². The number of carbonyl (C=O) groups excluding carboxylic acids is 1. The Morgan fingerprint density at radius 2 is 1.88 bits per heavy atom. The summed E-state index contributed by atoms with van der Waals surface area (Å²) in [5.74, 6) is -0.0980. The summed E-state index contributed by atoms with van der Waals surface area (Å²) in [5, 5.41) is 19.2. The molecule has 0 amide bonds. The van der Waals surface area contributed by atoms with E-state index in [0.717, 1.165) is 31.2 Å². The summed E-state index contributed by atoms with van der Waals surface area (Å²) in [6.45, 7) is 8.50. The van der Waals surface area contributed by atoms with Gasteiger partial charge < -0.3 is 14.9 Å². The smallest absolute Gasteiger partial charge is 0.316 e. The van der Waals surface area contributed by atoms with Crippen LogP contribution in [0.25, 0.3) is 0 Å². The number of hydrogen-bond acceptors (Lipinski definition) is 4. The van der Waals surface area contributed by atoms with Gasteiger partial charge in [-0.15, -0.1) is 0 Å². The number of phenols is 1. The molecular formula is C20H32O4. The number of hydrogen-bond donors (Lipinski definition) is 2. The van der Waals surface area contributed by atoms with Crippen LogP contribution in [0.3, 0.4) is 0 Å². The molecule has 0 radical (unpaired) electrons. The minimum absolute atomic E-state index is 0.122. The third kappa shape index (κ3) is 5.82. The molecule has 0 fully saturated rings. The van der Waals surface area contributed by atoms with E-state index in [1.165, 1.54) is 0 Å². The van der Waals surface area contributed by atoms with Gasteiger partial charge in [0.1, 0.15) is 5.75 Å². The Balaban J connectivity index is 2.92. The summed E-state index contributed by atoms with van der Waals surface area (Å²) in [5.41, 5.74) is -0.185. The fourth-order valence-electron chi connectivity index (χ4n) is 2.68. The van der Waals surface area contributed by atoms with Crippen molar-refractivity contribution in [2.24, 2.45) is 5.41 Å². The summed E-state index contributed by atoms with van der Waals surface area (Å²) in [4.78, 5) is 12.7. The highest BCUT2D eigenvalue weighted by atomic mass is 16.5. The molecule has 1 aromatic rings. The second kappa shape index (κ2) is 9.07. The van der Waals surface area contributed by atoms with E-state index >= 15 is 0 Å². The van der Waals surface area contributed by atoms with Crippen molar-refractivity contribution in [3.63, 3.8) is 0 Å². The fourth-order valence-corrected chi connectivity index (χ4v) is 2.68. The molecule has 24 heavy (non-hydrogen) atoms. The highest BCUT2D eigenvalue weighted by Crippen LogP contribution is 2.35. The van der Waals surface area contributed by atoms with E-state index in [2.05, 4.69) is 6.92 Å². The van der Waals surface area contributed by atoms with Crippen molar-refractivity contribution < 1.29 is 19.7 Å². The number of phenolic OH excluding ortho intramolecular Hbond substituents is 1. The zero-order chi connectivity index (χ0) is 18.2. The third-order valence-electron chi connectivity index (χ3n) is 4.62. The molecule has 0 saturated heterocycles. The maximum atomic E-state index is 12.7. The zero-order valence-electron chi connectivity index (χ0n) is 15.5.